The second kappa shape index (κ2) is 5.04. The van der Waals surface area contributed by atoms with Gasteiger partial charge in [-0.1, -0.05) is 20.3 Å². The van der Waals surface area contributed by atoms with E-state index in [-0.39, 0.29) is 6.04 Å². The second-order valence-corrected chi connectivity index (χ2v) is 2.00. The molecule has 8 heavy (non-hydrogen) atoms. The largest absolute Gasteiger partial charge is 0.156 e. The molecule has 0 radical (unpaired) electrons. The van der Waals surface area contributed by atoms with Crippen LogP contribution in [0.4, 0.5) is 4.48 Å². The summed E-state index contributed by atoms with van der Waals surface area (Å²) in [6.45, 7) is 4.03. The van der Waals surface area contributed by atoms with Crippen molar-refractivity contribution in [2.24, 2.45) is 0 Å². The van der Waals surface area contributed by atoms with E-state index in [0.717, 1.165) is 19.3 Å². The van der Waals surface area contributed by atoms with Gasteiger partial charge in [-0.15, -0.1) is 4.48 Å². The van der Waals surface area contributed by atoms with E-state index in [0.29, 0.717) is 0 Å². The molecule has 0 aromatic rings. The fourth-order valence-corrected chi connectivity index (χ4v) is 0.684. The minimum absolute atomic E-state index is 0.0833. The van der Waals surface area contributed by atoms with Crippen LogP contribution >= 0.6 is 0 Å². The lowest BCUT2D eigenvalue weighted by atomic mass is 10.1. The van der Waals surface area contributed by atoms with Gasteiger partial charge >= 0.3 is 0 Å². The van der Waals surface area contributed by atoms with E-state index in [1.807, 2.05) is 6.92 Å². The molecule has 0 aromatic carbocycles. The van der Waals surface area contributed by atoms with E-state index in [4.69, 9.17) is 0 Å². The molecule has 1 nitrogen and oxygen atoms in total. The second-order valence-electron chi connectivity index (χ2n) is 2.00. The fourth-order valence-electron chi connectivity index (χ4n) is 0.684. The van der Waals surface area contributed by atoms with Crippen molar-refractivity contribution in [2.75, 3.05) is 0 Å². The molecule has 1 unspecified atom stereocenters. The van der Waals surface area contributed by atoms with Crippen molar-refractivity contribution in [2.45, 2.75) is 39.2 Å². The molecule has 0 aliphatic carbocycles. The molecule has 0 spiro atoms. The first-order chi connectivity index (χ1) is 3.85. The molecule has 0 saturated heterocycles. The molecule has 50 valence electrons. The van der Waals surface area contributed by atoms with E-state index in [1.165, 1.54) is 0 Å². The van der Waals surface area contributed by atoms with Crippen LogP contribution in [-0.2, 0) is 0 Å². The Morgan fingerprint density at radius 3 is 2.25 bits per heavy atom. The van der Waals surface area contributed by atoms with E-state index in [9.17, 15) is 4.48 Å². The molecule has 0 aromatic heterocycles. The third-order valence-corrected chi connectivity index (χ3v) is 1.28. The van der Waals surface area contributed by atoms with Gasteiger partial charge in [0.2, 0.25) is 0 Å². The third-order valence-electron chi connectivity index (χ3n) is 1.28. The molecule has 0 aliphatic rings. The maximum absolute atomic E-state index is 11.6. The fraction of sp³-hybridized carbons (Fsp3) is 1.00. The van der Waals surface area contributed by atoms with Gasteiger partial charge in [-0.3, -0.25) is 0 Å². The summed E-state index contributed by atoms with van der Waals surface area (Å²) in [5.74, 6) is 0. The topological polar surface area (TPSA) is 12.0 Å². The first kappa shape index (κ1) is 7.89. The first-order valence-corrected chi connectivity index (χ1v) is 3.21. The Balaban J connectivity index is 3.07. The van der Waals surface area contributed by atoms with Gasteiger partial charge in [0, 0.05) is 6.04 Å². The summed E-state index contributed by atoms with van der Waals surface area (Å²) in [6, 6.07) is 0.0833. The lowest BCUT2D eigenvalue weighted by Gasteiger charge is -2.07. The van der Waals surface area contributed by atoms with Crippen LogP contribution in [0.5, 0.6) is 0 Å². The zero-order chi connectivity index (χ0) is 6.41. The van der Waals surface area contributed by atoms with Gasteiger partial charge in [-0.25, -0.2) is 0 Å². The Morgan fingerprint density at radius 1 is 1.50 bits per heavy atom. The maximum atomic E-state index is 11.6. The monoisotopic (exact) mass is 119 g/mol. The summed E-state index contributed by atoms with van der Waals surface area (Å²) < 4.78 is 11.6. The highest BCUT2D eigenvalue weighted by atomic mass is 19.2. The predicted molar refractivity (Wildman–Crippen MR) is 33.2 cm³/mol. The van der Waals surface area contributed by atoms with Gasteiger partial charge in [0.15, 0.2) is 0 Å². The van der Waals surface area contributed by atoms with Crippen LogP contribution in [0, 0.1) is 0 Å². The van der Waals surface area contributed by atoms with Gasteiger partial charge < -0.3 is 0 Å². The summed E-state index contributed by atoms with van der Waals surface area (Å²) >= 11 is 0. The van der Waals surface area contributed by atoms with Crippen molar-refractivity contribution in [3.63, 3.8) is 0 Å². The molecule has 0 fully saturated rings. The third kappa shape index (κ3) is 2.97. The molecule has 0 heterocycles. The highest BCUT2D eigenvalue weighted by Crippen LogP contribution is 1.99. The van der Waals surface area contributed by atoms with Crippen LogP contribution in [0.1, 0.15) is 33.1 Å². The highest BCUT2D eigenvalue weighted by Gasteiger charge is 2.00. The zero-order valence-corrected chi connectivity index (χ0v) is 5.58. The summed E-state index contributed by atoms with van der Waals surface area (Å²) in [6.07, 6.45) is 2.87. The Bertz CT molecular complexity index is 43.8. The number of rotatable bonds is 4. The molecule has 1 atom stereocenters. The van der Waals surface area contributed by atoms with E-state index < -0.39 is 0 Å². The number of nitrogens with one attached hydrogen (secondary N) is 1. The van der Waals surface area contributed by atoms with Crippen molar-refractivity contribution in [1.29, 1.82) is 0 Å². The van der Waals surface area contributed by atoms with Gasteiger partial charge in [-0.2, -0.15) is 5.54 Å². The quantitative estimate of drug-likeness (QED) is 0.558. The number of hydrogen-bond donors (Lipinski definition) is 1. The lowest BCUT2D eigenvalue weighted by molar-refractivity contribution is 0.254. The van der Waals surface area contributed by atoms with Gasteiger partial charge in [0.1, 0.15) is 0 Å². The molecule has 0 bridgehead atoms. The minimum atomic E-state index is 0.0833. The van der Waals surface area contributed by atoms with E-state index in [1.54, 1.807) is 5.54 Å². The molecule has 0 rings (SSSR count). The number of hydrogen-bond acceptors (Lipinski definition) is 1. The molecular weight excluding hydrogens is 105 g/mol. The molecule has 0 amide bonds. The van der Waals surface area contributed by atoms with Crippen molar-refractivity contribution in [3.8, 4) is 0 Å². The van der Waals surface area contributed by atoms with Gasteiger partial charge in [-0.05, 0) is 12.8 Å². The van der Waals surface area contributed by atoms with Crippen LogP contribution in [0.2, 0.25) is 0 Å². The van der Waals surface area contributed by atoms with E-state index >= 15 is 0 Å². The van der Waals surface area contributed by atoms with Gasteiger partial charge in [0.05, 0.1) is 0 Å². The van der Waals surface area contributed by atoms with Crippen LogP contribution in [0.25, 0.3) is 0 Å². The van der Waals surface area contributed by atoms with Crippen LogP contribution in [0.3, 0.4) is 0 Å². The van der Waals surface area contributed by atoms with Crippen LogP contribution in [-0.4, -0.2) is 6.04 Å². The Labute approximate surface area is 50.2 Å². The molecule has 0 saturated carbocycles. The van der Waals surface area contributed by atoms with Crippen molar-refractivity contribution < 1.29 is 4.48 Å². The zero-order valence-electron chi connectivity index (χ0n) is 5.58. The summed E-state index contributed by atoms with van der Waals surface area (Å²) in [7, 11) is 0. The summed E-state index contributed by atoms with van der Waals surface area (Å²) in [4.78, 5) is 0. The molecule has 1 N–H and O–H groups in total. The van der Waals surface area contributed by atoms with Crippen molar-refractivity contribution in [3.05, 3.63) is 0 Å². The molecule has 0 aliphatic heterocycles. The van der Waals surface area contributed by atoms with Crippen molar-refractivity contribution >= 4 is 0 Å². The highest BCUT2D eigenvalue weighted by molar-refractivity contribution is 4.56. The summed E-state index contributed by atoms with van der Waals surface area (Å²) in [5, 5.41) is 0. The Hall–Kier alpha value is -0.110. The maximum Gasteiger partial charge on any atom is 0.0369 e. The SMILES string of the molecule is CCCC(CC)NF. The average molecular weight is 119 g/mol. The standard InChI is InChI=1S/C6H14FN/c1-3-5-6(4-2)8-7/h6,8H,3-5H2,1-2H3. The first-order valence-electron chi connectivity index (χ1n) is 3.21. The smallest absolute Gasteiger partial charge is 0.0369 e. The lowest BCUT2D eigenvalue weighted by Crippen LogP contribution is -2.19. The van der Waals surface area contributed by atoms with Crippen LogP contribution < -0.4 is 5.54 Å². The Kier molecular flexibility index (Phi) is 4.97. The number of halogens is 1. The van der Waals surface area contributed by atoms with Crippen molar-refractivity contribution in [1.82, 2.24) is 5.54 Å². The van der Waals surface area contributed by atoms with Crippen LogP contribution in [0.15, 0.2) is 0 Å². The van der Waals surface area contributed by atoms with E-state index in [2.05, 4.69) is 6.92 Å². The normalized spacial score (nSPS) is 13.9. The average Bonchev–Trinajstić information content (AvgIpc) is 1.83. The molecular formula is C6H14FN. The molecule has 2 heteroatoms. The Morgan fingerprint density at radius 2 is 2.12 bits per heavy atom. The predicted octanol–water partition coefficient (Wildman–Crippen LogP) is 2.04. The van der Waals surface area contributed by atoms with Gasteiger partial charge in [0.25, 0.3) is 0 Å². The summed E-state index contributed by atoms with van der Waals surface area (Å²) in [5.41, 5.74) is 1.75. The minimum Gasteiger partial charge on any atom is -0.156 e.